The van der Waals surface area contributed by atoms with E-state index in [0.717, 1.165) is 44.9 Å². The van der Waals surface area contributed by atoms with E-state index in [1.807, 2.05) is 20.8 Å². The standard InChI is InChI=1S/C28H59NO5/c1-7-11-12-13-14-17-25(18-15-22-30)27(19-16-23-31,21-20-26(5,6)24-29)28(32-8-2,33-9-3)34-10-4/h25,30-31H,7-24,29H2,1-6H3. The summed E-state index contributed by atoms with van der Waals surface area (Å²) in [5, 5.41) is 19.7. The summed E-state index contributed by atoms with van der Waals surface area (Å²) in [5.41, 5.74) is 5.66. The fourth-order valence-electron chi connectivity index (χ4n) is 5.30. The number of unbranched alkanes of at least 4 members (excludes halogenated alkanes) is 4. The lowest BCUT2D eigenvalue weighted by Crippen LogP contribution is -2.59. The molecule has 0 radical (unpaired) electrons. The highest BCUT2D eigenvalue weighted by Gasteiger charge is 2.58. The summed E-state index contributed by atoms with van der Waals surface area (Å²) in [4.78, 5) is 0. The van der Waals surface area contributed by atoms with E-state index in [4.69, 9.17) is 19.9 Å². The van der Waals surface area contributed by atoms with E-state index in [1.165, 1.54) is 25.7 Å². The van der Waals surface area contributed by atoms with Gasteiger partial charge >= 0.3 is 0 Å². The molecule has 0 aromatic heterocycles. The third-order valence-corrected chi connectivity index (χ3v) is 7.34. The number of hydrogen-bond acceptors (Lipinski definition) is 6. The van der Waals surface area contributed by atoms with Gasteiger partial charge < -0.3 is 30.2 Å². The molecule has 4 N–H and O–H groups in total. The van der Waals surface area contributed by atoms with Crippen molar-refractivity contribution in [2.75, 3.05) is 39.6 Å². The molecule has 0 saturated heterocycles. The van der Waals surface area contributed by atoms with Gasteiger partial charge in [-0.1, -0.05) is 52.9 Å². The first-order valence-electron chi connectivity index (χ1n) is 14.1. The van der Waals surface area contributed by atoms with E-state index in [1.54, 1.807) is 0 Å². The van der Waals surface area contributed by atoms with Crippen LogP contribution in [-0.4, -0.2) is 55.8 Å². The largest absolute Gasteiger partial charge is 0.396 e. The second kappa shape index (κ2) is 18.9. The van der Waals surface area contributed by atoms with Crippen molar-refractivity contribution in [1.29, 1.82) is 0 Å². The van der Waals surface area contributed by atoms with E-state index >= 15 is 0 Å². The number of nitrogens with two attached hydrogens (primary N) is 1. The Labute approximate surface area is 211 Å². The predicted molar refractivity (Wildman–Crippen MR) is 142 cm³/mol. The molecule has 0 saturated carbocycles. The molecule has 0 aliphatic carbocycles. The minimum atomic E-state index is -1.19. The maximum Gasteiger partial charge on any atom is 0.289 e. The smallest absolute Gasteiger partial charge is 0.289 e. The van der Waals surface area contributed by atoms with E-state index < -0.39 is 11.4 Å². The van der Waals surface area contributed by atoms with E-state index in [2.05, 4.69) is 20.8 Å². The summed E-state index contributed by atoms with van der Waals surface area (Å²) in [6.07, 6.45) is 11.9. The zero-order chi connectivity index (χ0) is 25.9. The molecule has 0 aromatic carbocycles. The highest BCUT2D eigenvalue weighted by Crippen LogP contribution is 2.54. The predicted octanol–water partition coefficient (Wildman–Crippen LogP) is 6.02. The van der Waals surface area contributed by atoms with Crippen molar-refractivity contribution in [1.82, 2.24) is 0 Å². The summed E-state index contributed by atoms with van der Waals surface area (Å²) >= 11 is 0. The summed E-state index contributed by atoms with van der Waals surface area (Å²) in [6.45, 7) is 14.9. The molecule has 0 amide bonds. The normalized spacial score (nSPS) is 15.4. The van der Waals surface area contributed by atoms with Crippen molar-refractivity contribution in [2.24, 2.45) is 22.5 Å². The molecular weight excluding hydrogens is 430 g/mol. The molecule has 2 unspecified atom stereocenters. The highest BCUT2D eigenvalue weighted by atomic mass is 16.9. The van der Waals surface area contributed by atoms with Crippen molar-refractivity contribution in [2.45, 2.75) is 125 Å². The van der Waals surface area contributed by atoms with Crippen LogP contribution >= 0.6 is 0 Å². The quantitative estimate of drug-likeness (QED) is 0.113. The SMILES string of the molecule is CCCCCCCC(CCCO)C(CCCO)(CCC(C)(C)CN)C(OCC)(OCC)OCC. The Morgan fingerprint density at radius 1 is 0.676 bits per heavy atom. The van der Waals surface area contributed by atoms with Gasteiger partial charge in [-0.15, -0.1) is 0 Å². The van der Waals surface area contributed by atoms with E-state index in [0.29, 0.717) is 32.8 Å². The van der Waals surface area contributed by atoms with Crippen LogP contribution in [0.1, 0.15) is 119 Å². The van der Waals surface area contributed by atoms with Crippen LogP contribution in [0.5, 0.6) is 0 Å². The van der Waals surface area contributed by atoms with Crippen molar-refractivity contribution in [3.8, 4) is 0 Å². The zero-order valence-corrected chi connectivity index (χ0v) is 23.5. The lowest BCUT2D eigenvalue weighted by Gasteiger charge is -2.53. The molecule has 0 fully saturated rings. The first-order valence-corrected chi connectivity index (χ1v) is 14.1. The lowest BCUT2D eigenvalue weighted by molar-refractivity contribution is -0.440. The molecular formula is C28H59NO5. The molecule has 6 nitrogen and oxygen atoms in total. The fraction of sp³-hybridized carbons (Fsp3) is 1.00. The van der Waals surface area contributed by atoms with Crippen LogP contribution in [0, 0.1) is 16.7 Å². The Morgan fingerprint density at radius 2 is 1.21 bits per heavy atom. The fourth-order valence-corrected chi connectivity index (χ4v) is 5.30. The maximum atomic E-state index is 9.91. The third-order valence-electron chi connectivity index (χ3n) is 7.34. The monoisotopic (exact) mass is 489 g/mol. The Hall–Kier alpha value is -0.240. The van der Waals surface area contributed by atoms with Gasteiger partial charge in [0.05, 0.1) is 5.41 Å². The van der Waals surface area contributed by atoms with Crippen molar-refractivity contribution < 1.29 is 24.4 Å². The van der Waals surface area contributed by atoms with Gasteiger partial charge in [0, 0.05) is 33.0 Å². The number of aliphatic hydroxyl groups is 2. The molecule has 0 spiro atoms. The van der Waals surface area contributed by atoms with E-state index in [-0.39, 0.29) is 24.5 Å². The maximum absolute atomic E-state index is 9.91. The lowest BCUT2D eigenvalue weighted by atomic mass is 9.62. The van der Waals surface area contributed by atoms with Gasteiger partial charge in [-0.25, -0.2) is 0 Å². The Balaban J connectivity index is 6.56. The highest BCUT2D eigenvalue weighted by molar-refractivity contribution is 4.96. The number of aliphatic hydroxyl groups excluding tert-OH is 2. The van der Waals surface area contributed by atoms with Crippen LogP contribution in [0.25, 0.3) is 0 Å². The number of hydrogen-bond donors (Lipinski definition) is 3. The van der Waals surface area contributed by atoms with Crippen molar-refractivity contribution >= 4 is 0 Å². The van der Waals surface area contributed by atoms with Gasteiger partial charge in [-0.2, -0.15) is 0 Å². The van der Waals surface area contributed by atoms with Crippen LogP contribution in [-0.2, 0) is 14.2 Å². The molecule has 6 heteroatoms. The van der Waals surface area contributed by atoms with Gasteiger partial charge in [-0.3, -0.25) is 0 Å². The summed E-state index contributed by atoms with van der Waals surface area (Å²) in [6, 6.07) is 0. The molecule has 34 heavy (non-hydrogen) atoms. The average Bonchev–Trinajstić information content (AvgIpc) is 2.82. The van der Waals surface area contributed by atoms with Gasteiger partial charge in [0.25, 0.3) is 5.97 Å². The molecule has 0 aromatic rings. The number of ether oxygens (including phenoxy) is 3. The number of rotatable bonds is 24. The minimum absolute atomic E-state index is 0.0243. The van der Waals surface area contributed by atoms with Crippen molar-refractivity contribution in [3.63, 3.8) is 0 Å². The van der Waals surface area contributed by atoms with Crippen LogP contribution in [0.15, 0.2) is 0 Å². The molecule has 206 valence electrons. The van der Waals surface area contributed by atoms with Crippen LogP contribution < -0.4 is 5.73 Å². The van der Waals surface area contributed by atoms with E-state index in [9.17, 15) is 10.2 Å². The first-order chi connectivity index (χ1) is 16.3. The van der Waals surface area contributed by atoms with Crippen LogP contribution in [0.2, 0.25) is 0 Å². The zero-order valence-electron chi connectivity index (χ0n) is 23.5. The molecule has 2 atom stereocenters. The Bertz CT molecular complexity index is 457. The van der Waals surface area contributed by atoms with Gasteiger partial charge in [0.1, 0.15) is 0 Å². The second-order valence-electron chi connectivity index (χ2n) is 10.5. The first kappa shape index (κ1) is 33.8. The summed E-state index contributed by atoms with van der Waals surface area (Å²) < 4.78 is 19.4. The van der Waals surface area contributed by atoms with Crippen LogP contribution in [0.3, 0.4) is 0 Å². The van der Waals surface area contributed by atoms with Gasteiger partial charge in [0.2, 0.25) is 0 Å². The van der Waals surface area contributed by atoms with Gasteiger partial charge in [0.15, 0.2) is 0 Å². The molecule has 0 aliphatic rings. The average molecular weight is 490 g/mol. The molecule has 0 aliphatic heterocycles. The molecule has 0 bridgehead atoms. The minimum Gasteiger partial charge on any atom is -0.396 e. The summed E-state index contributed by atoms with van der Waals surface area (Å²) in [5.74, 6) is -0.944. The van der Waals surface area contributed by atoms with Gasteiger partial charge in [-0.05, 0) is 83.6 Å². The molecule has 0 heterocycles. The topological polar surface area (TPSA) is 94.2 Å². The van der Waals surface area contributed by atoms with Crippen LogP contribution in [0.4, 0.5) is 0 Å². The Morgan fingerprint density at radius 3 is 1.68 bits per heavy atom. The molecule has 0 rings (SSSR count). The summed E-state index contributed by atoms with van der Waals surface area (Å²) in [7, 11) is 0. The second-order valence-corrected chi connectivity index (χ2v) is 10.5. The third kappa shape index (κ3) is 10.8. The Kier molecular flexibility index (Phi) is 18.8. The van der Waals surface area contributed by atoms with Crippen molar-refractivity contribution in [3.05, 3.63) is 0 Å².